The molecule has 1 aromatic heterocycles. The van der Waals surface area contributed by atoms with Gasteiger partial charge in [-0.2, -0.15) is 0 Å². The van der Waals surface area contributed by atoms with Crippen molar-refractivity contribution >= 4 is 16.7 Å². The largest absolute Gasteiger partial charge is 0.388 e. The van der Waals surface area contributed by atoms with Gasteiger partial charge in [0.1, 0.15) is 17.9 Å². The number of nitrogens with one attached hydrogen (secondary N) is 1. The van der Waals surface area contributed by atoms with E-state index in [1.54, 1.807) is 0 Å². The lowest BCUT2D eigenvalue weighted by molar-refractivity contribution is 0.273. The minimum Gasteiger partial charge on any atom is -0.388 e. The molecule has 0 saturated carbocycles. The van der Waals surface area contributed by atoms with Gasteiger partial charge in [0.25, 0.3) is 0 Å². The van der Waals surface area contributed by atoms with Crippen LogP contribution in [0.25, 0.3) is 11.0 Å². The van der Waals surface area contributed by atoms with Gasteiger partial charge in [0, 0.05) is 26.2 Å². The Bertz CT molecular complexity index is 543. The normalized spacial score (nSPS) is 17.6. The van der Waals surface area contributed by atoms with Crippen LogP contribution in [0.1, 0.15) is 5.82 Å². The van der Waals surface area contributed by atoms with Crippen molar-refractivity contribution < 1.29 is 5.11 Å². The van der Waals surface area contributed by atoms with Crippen molar-refractivity contribution in [1.29, 1.82) is 0 Å². The van der Waals surface area contributed by atoms with Gasteiger partial charge in [0.05, 0.1) is 11.2 Å². The summed E-state index contributed by atoms with van der Waals surface area (Å²) in [6.45, 7) is 4.16. The maximum absolute atomic E-state index is 9.16. The first-order chi connectivity index (χ1) is 8.78. The first-order valence-corrected chi connectivity index (χ1v) is 6.30. The molecule has 0 radical (unpaired) electrons. The topological polar surface area (TPSA) is 55.4 Å². The number of likely N-dealkylation sites (N-methyl/N-ethyl adjacent to an activating group) is 1. The van der Waals surface area contributed by atoms with Gasteiger partial charge >= 0.3 is 0 Å². The van der Waals surface area contributed by atoms with Gasteiger partial charge in [-0.25, -0.2) is 4.98 Å². The predicted octanol–water partition coefficient (Wildman–Crippen LogP) is 0.807. The van der Waals surface area contributed by atoms with Crippen LogP contribution in [-0.2, 0) is 6.61 Å². The second kappa shape index (κ2) is 4.59. The predicted molar refractivity (Wildman–Crippen MR) is 71.7 cm³/mol. The summed E-state index contributed by atoms with van der Waals surface area (Å²) in [7, 11) is 2.15. The Labute approximate surface area is 106 Å². The van der Waals surface area contributed by atoms with Crippen molar-refractivity contribution in [3.8, 4) is 0 Å². The van der Waals surface area contributed by atoms with E-state index < -0.39 is 0 Å². The molecule has 1 aromatic carbocycles. The Morgan fingerprint density at radius 3 is 2.78 bits per heavy atom. The van der Waals surface area contributed by atoms with Crippen LogP contribution in [-0.4, -0.2) is 53.2 Å². The van der Waals surface area contributed by atoms with Gasteiger partial charge in [-0.15, -0.1) is 0 Å². The van der Waals surface area contributed by atoms with E-state index in [1.807, 2.05) is 12.1 Å². The molecule has 1 aliphatic rings. The summed E-state index contributed by atoms with van der Waals surface area (Å²) >= 11 is 0. The summed E-state index contributed by atoms with van der Waals surface area (Å²) in [4.78, 5) is 12.3. The van der Waals surface area contributed by atoms with Crippen LogP contribution in [0.4, 0.5) is 5.69 Å². The standard InChI is InChI=1S/C13H18N4O/c1-16-5-7-17(8-6-16)11-4-2-3-10-13(11)15-12(9-18)14-10/h2-4,18H,5-9H2,1H3,(H,14,15). The molecular formula is C13H18N4O. The highest BCUT2D eigenvalue weighted by Crippen LogP contribution is 2.25. The van der Waals surface area contributed by atoms with E-state index in [-0.39, 0.29) is 6.61 Å². The highest BCUT2D eigenvalue weighted by atomic mass is 16.3. The number of rotatable bonds is 2. The van der Waals surface area contributed by atoms with E-state index in [1.165, 1.54) is 0 Å². The van der Waals surface area contributed by atoms with Gasteiger partial charge in [-0.05, 0) is 19.2 Å². The second-order valence-electron chi connectivity index (χ2n) is 4.81. The van der Waals surface area contributed by atoms with Crippen LogP contribution in [0.5, 0.6) is 0 Å². The third kappa shape index (κ3) is 1.95. The maximum Gasteiger partial charge on any atom is 0.133 e. The SMILES string of the molecule is CN1CCN(c2cccc3[nH]c(CO)nc23)CC1. The first kappa shape index (κ1) is 11.5. The van der Waals surface area contributed by atoms with Gasteiger partial charge in [0.15, 0.2) is 0 Å². The lowest BCUT2D eigenvalue weighted by Crippen LogP contribution is -2.44. The summed E-state index contributed by atoms with van der Waals surface area (Å²) in [5, 5.41) is 9.16. The number of imidazole rings is 1. The zero-order valence-corrected chi connectivity index (χ0v) is 10.6. The number of para-hydroxylation sites is 1. The molecule has 2 heterocycles. The maximum atomic E-state index is 9.16. The van der Waals surface area contributed by atoms with E-state index in [0.29, 0.717) is 5.82 Å². The molecule has 0 amide bonds. The van der Waals surface area contributed by atoms with Crippen LogP contribution in [0.2, 0.25) is 0 Å². The molecule has 5 nitrogen and oxygen atoms in total. The van der Waals surface area contributed by atoms with Crippen LogP contribution in [0.15, 0.2) is 18.2 Å². The average Bonchev–Trinajstić information content (AvgIpc) is 2.82. The lowest BCUT2D eigenvalue weighted by atomic mass is 10.2. The Morgan fingerprint density at radius 2 is 2.06 bits per heavy atom. The highest BCUT2D eigenvalue weighted by Gasteiger charge is 2.17. The molecule has 1 aliphatic heterocycles. The summed E-state index contributed by atoms with van der Waals surface area (Å²) in [6.07, 6.45) is 0. The fourth-order valence-corrected chi connectivity index (χ4v) is 2.45. The van der Waals surface area contributed by atoms with Crippen molar-refractivity contribution in [3.05, 3.63) is 24.0 Å². The molecule has 0 bridgehead atoms. The number of H-pyrrole nitrogens is 1. The Morgan fingerprint density at radius 1 is 1.28 bits per heavy atom. The molecule has 1 fully saturated rings. The van der Waals surface area contributed by atoms with Crippen LogP contribution < -0.4 is 4.90 Å². The minimum absolute atomic E-state index is 0.0448. The molecule has 0 atom stereocenters. The molecule has 5 heteroatoms. The number of piperazine rings is 1. The number of benzene rings is 1. The molecular weight excluding hydrogens is 228 g/mol. The van der Waals surface area contributed by atoms with E-state index in [9.17, 15) is 0 Å². The van der Waals surface area contributed by atoms with E-state index in [0.717, 1.165) is 42.9 Å². The summed E-state index contributed by atoms with van der Waals surface area (Å²) in [5.74, 6) is 0.631. The summed E-state index contributed by atoms with van der Waals surface area (Å²) in [5.41, 5.74) is 3.12. The number of fused-ring (bicyclic) bond motifs is 1. The van der Waals surface area contributed by atoms with E-state index in [4.69, 9.17) is 5.11 Å². The third-order valence-corrected chi connectivity index (χ3v) is 3.53. The molecule has 2 aromatic rings. The van der Waals surface area contributed by atoms with E-state index in [2.05, 4.69) is 32.9 Å². The molecule has 0 unspecified atom stereocenters. The minimum atomic E-state index is -0.0448. The van der Waals surface area contributed by atoms with Crippen LogP contribution in [0, 0.1) is 0 Å². The number of aromatic nitrogens is 2. The third-order valence-electron chi connectivity index (χ3n) is 3.53. The number of anilines is 1. The fraction of sp³-hybridized carbons (Fsp3) is 0.462. The summed E-state index contributed by atoms with van der Waals surface area (Å²) < 4.78 is 0. The zero-order valence-electron chi connectivity index (χ0n) is 10.6. The Balaban J connectivity index is 1.98. The number of hydrogen-bond donors (Lipinski definition) is 2. The molecule has 1 saturated heterocycles. The smallest absolute Gasteiger partial charge is 0.133 e. The van der Waals surface area contributed by atoms with Crippen LogP contribution in [0.3, 0.4) is 0 Å². The quantitative estimate of drug-likeness (QED) is 0.823. The fourth-order valence-electron chi connectivity index (χ4n) is 2.45. The van der Waals surface area contributed by atoms with Crippen molar-refractivity contribution in [2.45, 2.75) is 6.61 Å². The Kier molecular flexibility index (Phi) is 2.93. The van der Waals surface area contributed by atoms with Gasteiger partial charge in [-0.1, -0.05) is 6.07 Å². The molecule has 96 valence electrons. The second-order valence-corrected chi connectivity index (χ2v) is 4.81. The number of aromatic amines is 1. The van der Waals surface area contributed by atoms with Crippen LogP contribution >= 0.6 is 0 Å². The zero-order chi connectivity index (χ0) is 12.5. The Hall–Kier alpha value is -1.59. The molecule has 0 aliphatic carbocycles. The first-order valence-electron chi connectivity index (χ1n) is 6.30. The monoisotopic (exact) mass is 246 g/mol. The lowest BCUT2D eigenvalue weighted by Gasteiger charge is -2.34. The van der Waals surface area contributed by atoms with Crippen molar-refractivity contribution in [2.24, 2.45) is 0 Å². The molecule has 18 heavy (non-hydrogen) atoms. The van der Waals surface area contributed by atoms with E-state index >= 15 is 0 Å². The van der Waals surface area contributed by atoms with Gasteiger partial charge in [0.2, 0.25) is 0 Å². The number of aliphatic hydroxyl groups excluding tert-OH is 1. The number of nitrogens with zero attached hydrogens (tertiary/aromatic N) is 3. The average molecular weight is 246 g/mol. The summed E-state index contributed by atoms with van der Waals surface area (Å²) in [6, 6.07) is 6.14. The van der Waals surface area contributed by atoms with Crippen molar-refractivity contribution in [3.63, 3.8) is 0 Å². The van der Waals surface area contributed by atoms with Crippen molar-refractivity contribution in [1.82, 2.24) is 14.9 Å². The molecule has 2 N–H and O–H groups in total. The molecule has 0 spiro atoms. The molecule has 3 rings (SSSR count). The van der Waals surface area contributed by atoms with Gasteiger partial charge in [-0.3, -0.25) is 0 Å². The highest BCUT2D eigenvalue weighted by molar-refractivity contribution is 5.89. The number of aliphatic hydroxyl groups is 1. The van der Waals surface area contributed by atoms with Crippen molar-refractivity contribution in [2.75, 3.05) is 38.1 Å². The number of hydrogen-bond acceptors (Lipinski definition) is 4. The van der Waals surface area contributed by atoms with Gasteiger partial charge < -0.3 is 19.9 Å².